The monoisotopic (exact) mass is 256 g/mol. The Kier molecular flexibility index (Phi) is 3.07. The van der Waals surface area contributed by atoms with E-state index in [0.29, 0.717) is 12.5 Å². The molecule has 0 unspecified atom stereocenters. The summed E-state index contributed by atoms with van der Waals surface area (Å²) < 4.78 is 2.21. The van der Waals surface area contributed by atoms with Crippen LogP contribution < -0.4 is 0 Å². The molecule has 1 aliphatic rings. The van der Waals surface area contributed by atoms with Gasteiger partial charge in [-0.05, 0) is 24.8 Å². The molecule has 4 heteroatoms. The normalized spacial score (nSPS) is 14.5. The minimum Gasteiger partial charge on any atom is -0.481 e. The zero-order chi connectivity index (χ0) is 13.2. The highest BCUT2D eigenvalue weighted by Crippen LogP contribution is 2.38. The maximum atomic E-state index is 10.7. The van der Waals surface area contributed by atoms with Gasteiger partial charge in [-0.1, -0.05) is 24.3 Å². The summed E-state index contributed by atoms with van der Waals surface area (Å²) in [5.74, 6) is -0.759. The number of imidazole rings is 1. The number of aromatic nitrogens is 2. The molecule has 0 saturated heterocycles. The molecule has 0 atom stereocenters. The predicted octanol–water partition coefficient (Wildman–Crippen LogP) is 2.90. The fraction of sp³-hybridized carbons (Fsp3) is 0.333. The predicted molar refractivity (Wildman–Crippen MR) is 71.9 cm³/mol. The molecule has 1 saturated carbocycles. The van der Waals surface area contributed by atoms with Crippen LogP contribution in [0, 0.1) is 0 Å². The van der Waals surface area contributed by atoms with Gasteiger partial charge in [0.2, 0.25) is 0 Å². The number of hydrogen-bond donors (Lipinski definition) is 1. The molecule has 0 radical (unpaired) electrons. The molecule has 0 spiro atoms. The maximum Gasteiger partial charge on any atom is 0.303 e. The first-order valence-electron chi connectivity index (χ1n) is 6.57. The van der Waals surface area contributed by atoms with E-state index in [4.69, 9.17) is 5.11 Å². The van der Waals surface area contributed by atoms with Crippen LogP contribution in [-0.4, -0.2) is 20.6 Å². The minimum atomic E-state index is -0.759. The van der Waals surface area contributed by atoms with Gasteiger partial charge in [0.25, 0.3) is 0 Å². The molecule has 3 rings (SSSR count). The van der Waals surface area contributed by atoms with Crippen molar-refractivity contribution in [2.75, 3.05) is 0 Å². The summed E-state index contributed by atoms with van der Waals surface area (Å²) in [6.07, 6.45) is 6.89. The first-order chi connectivity index (χ1) is 9.25. The van der Waals surface area contributed by atoms with Crippen molar-refractivity contribution < 1.29 is 9.90 Å². The summed E-state index contributed by atoms with van der Waals surface area (Å²) in [4.78, 5) is 15.0. The van der Waals surface area contributed by atoms with E-state index in [9.17, 15) is 4.79 Å². The van der Waals surface area contributed by atoms with Gasteiger partial charge in [-0.15, -0.1) is 0 Å². The average Bonchev–Trinajstić information content (AvgIpc) is 3.14. The van der Waals surface area contributed by atoms with Crippen LogP contribution in [0.25, 0.3) is 11.3 Å². The number of aryl methyl sites for hydroxylation is 1. The summed E-state index contributed by atoms with van der Waals surface area (Å²) in [6.45, 7) is 0. The maximum absolute atomic E-state index is 10.7. The van der Waals surface area contributed by atoms with E-state index in [-0.39, 0.29) is 6.42 Å². The van der Waals surface area contributed by atoms with Crippen LogP contribution in [0.2, 0.25) is 0 Å². The summed E-state index contributed by atoms with van der Waals surface area (Å²) in [6, 6.07) is 8.57. The van der Waals surface area contributed by atoms with Crippen LogP contribution in [0.15, 0.2) is 36.8 Å². The van der Waals surface area contributed by atoms with Crippen molar-refractivity contribution in [3.05, 3.63) is 42.4 Å². The van der Waals surface area contributed by atoms with Crippen LogP contribution in [-0.2, 0) is 11.2 Å². The summed E-state index contributed by atoms with van der Waals surface area (Å²) in [5, 5.41) is 8.83. The lowest BCUT2D eigenvalue weighted by atomic mass is 10.0. The van der Waals surface area contributed by atoms with Gasteiger partial charge in [-0.3, -0.25) is 4.79 Å². The van der Waals surface area contributed by atoms with Crippen molar-refractivity contribution in [1.82, 2.24) is 9.55 Å². The Morgan fingerprint density at radius 3 is 2.89 bits per heavy atom. The van der Waals surface area contributed by atoms with Gasteiger partial charge in [-0.25, -0.2) is 4.98 Å². The molecule has 0 aliphatic heterocycles. The number of hydrogen-bond acceptors (Lipinski definition) is 2. The van der Waals surface area contributed by atoms with Gasteiger partial charge < -0.3 is 9.67 Å². The fourth-order valence-corrected chi connectivity index (χ4v) is 2.39. The zero-order valence-corrected chi connectivity index (χ0v) is 10.6. The first kappa shape index (κ1) is 12.0. The van der Waals surface area contributed by atoms with Gasteiger partial charge in [0.15, 0.2) is 0 Å². The van der Waals surface area contributed by atoms with E-state index in [1.165, 1.54) is 12.8 Å². The summed E-state index contributed by atoms with van der Waals surface area (Å²) in [5.41, 5.74) is 3.28. The van der Waals surface area contributed by atoms with E-state index in [1.54, 1.807) is 0 Å². The highest BCUT2D eigenvalue weighted by atomic mass is 16.4. The third kappa shape index (κ3) is 2.52. The number of carbonyl (C=O) groups is 1. The second kappa shape index (κ2) is 4.88. The number of carboxylic acid groups (broad SMARTS) is 1. The molecule has 0 bridgehead atoms. The Morgan fingerprint density at radius 1 is 1.37 bits per heavy atom. The first-order valence-corrected chi connectivity index (χ1v) is 6.57. The SMILES string of the molecule is O=C(O)CCc1ccccc1-c1cncn1C1CC1. The van der Waals surface area contributed by atoms with Crippen LogP contribution in [0.5, 0.6) is 0 Å². The number of aliphatic carboxylic acids is 1. The van der Waals surface area contributed by atoms with E-state index in [2.05, 4.69) is 9.55 Å². The van der Waals surface area contributed by atoms with E-state index < -0.39 is 5.97 Å². The molecule has 1 heterocycles. The molecule has 1 N–H and O–H groups in total. The van der Waals surface area contributed by atoms with Gasteiger partial charge in [0.1, 0.15) is 0 Å². The molecule has 98 valence electrons. The lowest BCUT2D eigenvalue weighted by Gasteiger charge is -2.11. The second-order valence-electron chi connectivity index (χ2n) is 4.97. The molecule has 4 nitrogen and oxygen atoms in total. The lowest BCUT2D eigenvalue weighted by Crippen LogP contribution is -2.01. The number of rotatable bonds is 5. The fourth-order valence-electron chi connectivity index (χ4n) is 2.39. The molecule has 1 aromatic carbocycles. The van der Waals surface area contributed by atoms with Crippen molar-refractivity contribution in [2.45, 2.75) is 31.7 Å². The van der Waals surface area contributed by atoms with Gasteiger partial charge in [0.05, 0.1) is 18.2 Å². The largest absolute Gasteiger partial charge is 0.481 e. The summed E-state index contributed by atoms with van der Waals surface area (Å²) >= 11 is 0. The quantitative estimate of drug-likeness (QED) is 0.894. The van der Waals surface area contributed by atoms with Crippen molar-refractivity contribution in [3.8, 4) is 11.3 Å². The highest BCUT2D eigenvalue weighted by molar-refractivity contribution is 5.69. The lowest BCUT2D eigenvalue weighted by molar-refractivity contribution is -0.136. The molecule has 1 fully saturated rings. The van der Waals surface area contributed by atoms with E-state index >= 15 is 0 Å². The Balaban J connectivity index is 1.94. The minimum absolute atomic E-state index is 0.161. The zero-order valence-electron chi connectivity index (χ0n) is 10.6. The summed E-state index contributed by atoms with van der Waals surface area (Å²) in [7, 11) is 0. The molecule has 0 amide bonds. The smallest absolute Gasteiger partial charge is 0.303 e. The van der Waals surface area contributed by atoms with Gasteiger partial charge >= 0.3 is 5.97 Å². The van der Waals surface area contributed by atoms with Gasteiger partial charge in [-0.2, -0.15) is 0 Å². The standard InChI is InChI=1S/C15H16N2O2/c18-15(19)8-5-11-3-1-2-4-13(11)14-9-16-10-17(14)12-6-7-12/h1-4,9-10,12H,5-8H2,(H,18,19). The average molecular weight is 256 g/mol. The van der Waals surface area contributed by atoms with Crippen molar-refractivity contribution in [1.29, 1.82) is 0 Å². The Morgan fingerprint density at radius 2 is 2.16 bits per heavy atom. The molecular formula is C15H16N2O2. The van der Waals surface area contributed by atoms with Crippen LogP contribution in [0.3, 0.4) is 0 Å². The molecule has 1 aromatic heterocycles. The third-order valence-corrected chi connectivity index (χ3v) is 3.51. The van der Waals surface area contributed by atoms with Crippen LogP contribution in [0.1, 0.15) is 30.9 Å². The van der Waals surface area contributed by atoms with Crippen LogP contribution in [0.4, 0.5) is 0 Å². The van der Waals surface area contributed by atoms with E-state index in [1.807, 2.05) is 36.8 Å². The van der Waals surface area contributed by atoms with Crippen LogP contribution >= 0.6 is 0 Å². The topological polar surface area (TPSA) is 55.1 Å². The van der Waals surface area contributed by atoms with Crippen molar-refractivity contribution in [3.63, 3.8) is 0 Å². The highest BCUT2D eigenvalue weighted by Gasteiger charge is 2.26. The number of benzene rings is 1. The second-order valence-corrected chi connectivity index (χ2v) is 4.97. The molecular weight excluding hydrogens is 240 g/mol. The van der Waals surface area contributed by atoms with Crippen molar-refractivity contribution in [2.24, 2.45) is 0 Å². The third-order valence-electron chi connectivity index (χ3n) is 3.51. The van der Waals surface area contributed by atoms with E-state index in [0.717, 1.165) is 16.8 Å². The Labute approximate surface area is 111 Å². The molecule has 2 aromatic rings. The van der Waals surface area contributed by atoms with Crippen molar-refractivity contribution >= 4 is 5.97 Å². The molecule has 19 heavy (non-hydrogen) atoms. The number of carboxylic acids is 1. The van der Waals surface area contributed by atoms with Gasteiger partial charge in [0, 0.05) is 18.0 Å². The Hall–Kier alpha value is -2.10. The Bertz CT molecular complexity index is 600. The number of nitrogens with zero attached hydrogens (tertiary/aromatic N) is 2. The molecule has 1 aliphatic carbocycles.